The summed E-state index contributed by atoms with van der Waals surface area (Å²) in [6.45, 7) is 3.30. The second-order valence-corrected chi connectivity index (χ2v) is 8.98. The summed E-state index contributed by atoms with van der Waals surface area (Å²) in [5, 5.41) is 3.70. The minimum Gasteiger partial charge on any atom is -0.223 e. The van der Waals surface area contributed by atoms with Crippen LogP contribution in [0.5, 0.6) is 0 Å². The third-order valence-electron chi connectivity index (χ3n) is 3.19. The smallest absolute Gasteiger partial charge is 0.223 e. The van der Waals surface area contributed by atoms with Crippen molar-refractivity contribution in [3.63, 3.8) is 0 Å². The Labute approximate surface area is 142 Å². The lowest BCUT2D eigenvalue weighted by molar-refractivity contribution is 0.583. The fourth-order valence-corrected chi connectivity index (χ4v) is 4.16. The molecule has 2 aromatic rings. The molecular formula is C16H18N2O4S2. The molecule has 0 bridgehead atoms. The highest BCUT2D eigenvalue weighted by Crippen LogP contribution is 2.11. The van der Waals surface area contributed by atoms with Crippen LogP contribution in [0.4, 0.5) is 0 Å². The Balaban J connectivity index is 2.13. The van der Waals surface area contributed by atoms with Gasteiger partial charge in [-0.2, -0.15) is 13.5 Å². The zero-order chi connectivity index (χ0) is 17.8. The van der Waals surface area contributed by atoms with Crippen LogP contribution >= 0.6 is 0 Å². The number of rotatable bonds is 6. The van der Waals surface area contributed by atoms with E-state index in [0.29, 0.717) is 0 Å². The number of hydrazone groups is 1. The van der Waals surface area contributed by atoms with Gasteiger partial charge in [0.25, 0.3) is 10.0 Å². The first kappa shape index (κ1) is 18.2. The number of benzene rings is 2. The lowest BCUT2D eigenvalue weighted by Crippen LogP contribution is -2.22. The van der Waals surface area contributed by atoms with Crippen molar-refractivity contribution >= 4 is 25.6 Å². The normalized spacial score (nSPS) is 12.8. The molecule has 2 rings (SSSR count). The number of aryl methyl sites for hydroxylation is 1. The number of sulfonamides is 1. The molecule has 0 saturated heterocycles. The van der Waals surface area contributed by atoms with Crippen molar-refractivity contribution in [2.75, 3.05) is 5.75 Å². The van der Waals surface area contributed by atoms with Crippen molar-refractivity contribution in [2.24, 2.45) is 5.10 Å². The maximum atomic E-state index is 12.2. The minimum atomic E-state index is -3.82. The summed E-state index contributed by atoms with van der Waals surface area (Å²) in [7, 11) is -7.39. The Morgan fingerprint density at radius 3 is 2.08 bits per heavy atom. The molecule has 2 aromatic carbocycles. The summed E-state index contributed by atoms with van der Waals surface area (Å²) in [6.07, 6.45) is 0. The molecule has 8 heteroatoms. The third-order valence-corrected chi connectivity index (χ3v) is 6.20. The van der Waals surface area contributed by atoms with Crippen LogP contribution < -0.4 is 4.83 Å². The van der Waals surface area contributed by atoms with E-state index in [4.69, 9.17) is 0 Å². The standard InChI is InChI=1S/C16H18N2O4S2/c1-13-8-10-16(11-9-13)24(21,22)18-17-14(2)12-23(19,20)15-6-4-3-5-7-15/h3-11,18H,12H2,1-2H3/b17-14+. The van der Waals surface area contributed by atoms with E-state index in [2.05, 4.69) is 9.93 Å². The van der Waals surface area contributed by atoms with E-state index in [1.54, 1.807) is 30.3 Å². The summed E-state index contributed by atoms with van der Waals surface area (Å²) in [5.41, 5.74) is 1.08. The fourth-order valence-electron chi connectivity index (χ4n) is 1.93. The highest BCUT2D eigenvalue weighted by Gasteiger charge is 2.17. The van der Waals surface area contributed by atoms with E-state index in [-0.39, 0.29) is 21.3 Å². The van der Waals surface area contributed by atoms with Gasteiger partial charge in [0, 0.05) is 0 Å². The molecule has 0 aliphatic heterocycles. The van der Waals surface area contributed by atoms with Gasteiger partial charge in [0.2, 0.25) is 0 Å². The van der Waals surface area contributed by atoms with E-state index in [0.717, 1.165) is 5.56 Å². The summed E-state index contributed by atoms with van der Waals surface area (Å²) in [5.74, 6) is -0.368. The Morgan fingerprint density at radius 1 is 0.917 bits per heavy atom. The Bertz CT molecular complexity index is 933. The first-order chi connectivity index (χ1) is 11.2. The van der Waals surface area contributed by atoms with E-state index in [9.17, 15) is 16.8 Å². The third kappa shape index (κ3) is 4.65. The zero-order valence-corrected chi connectivity index (χ0v) is 14.9. The number of hydrogen-bond acceptors (Lipinski definition) is 5. The molecule has 0 unspecified atom stereocenters. The monoisotopic (exact) mass is 366 g/mol. The van der Waals surface area contributed by atoms with Gasteiger partial charge in [0.1, 0.15) is 0 Å². The average Bonchev–Trinajstić information content (AvgIpc) is 2.54. The quantitative estimate of drug-likeness (QED) is 0.626. The number of sulfone groups is 1. The SMILES string of the molecule is C/C(CS(=O)(=O)c1ccccc1)=N\NS(=O)(=O)c1ccc(C)cc1. The molecule has 128 valence electrons. The molecule has 24 heavy (non-hydrogen) atoms. The second kappa shape index (κ2) is 7.14. The predicted molar refractivity (Wildman–Crippen MR) is 93.1 cm³/mol. The molecule has 0 saturated carbocycles. The van der Waals surface area contributed by atoms with Gasteiger partial charge in [0.15, 0.2) is 9.84 Å². The molecule has 0 heterocycles. The van der Waals surface area contributed by atoms with Gasteiger partial charge in [-0.15, -0.1) is 0 Å². The van der Waals surface area contributed by atoms with E-state index < -0.39 is 19.9 Å². The van der Waals surface area contributed by atoms with Crippen LogP contribution in [0, 0.1) is 6.92 Å². The largest absolute Gasteiger partial charge is 0.276 e. The van der Waals surface area contributed by atoms with Crippen molar-refractivity contribution in [2.45, 2.75) is 23.6 Å². The molecule has 0 amide bonds. The molecule has 6 nitrogen and oxygen atoms in total. The molecule has 1 N–H and O–H groups in total. The van der Waals surface area contributed by atoms with E-state index in [1.165, 1.54) is 31.2 Å². The highest BCUT2D eigenvalue weighted by atomic mass is 32.2. The van der Waals surface area contributed by atoms with Gasteiger partial charge in [-0.1, -0.05) is 35.9 Å². The topological polar surface area (TPSA) is 92.7 Å². The zero-order valence-electron chi connectivity index (χ0n) is 13.3. The predicted octanol–water partition coefficient (Wildman–Crippen LogP) is 2.12. The number of nitrogens with zero attached hydrogens (tertiary/aromatic N) is 1. The van der Waals surface area contributed by atoms with Gasteiger partial charge in [0.05, 0.1) is 21.3 Å². The van der Waals surface area contributed by atoms with Gasteiger partial charge in [-0.3, -0.25) is 0 Å². The number of hydrogen-bond donors (Lipinski definition) is 1. The molecule has 0 aliphatic carbocycles. The highest BCUT2D eigenvalue weighted by molar-refractivity contribution is 7.92. The van der Waals surface area contributed by atoms with Crippen molar-refractivity contribution in [1.29, 1.82) is 0 Å². The first-order valence-electron chi connectivity index (χ1n) is 7.10. The molecule has 0 aliphatic rings. The summed E-state index contributed by atoms with van der Waals surface area (Å²) in [6, 6.07) is 14.2. The lowest BCUT2D eigenvalue weighted by atomic mass is 10.2. The van der Waals surface area contributed by atoms with Crippen LogP contribution in [-0.2, 0) is 19.9 Å². The van der Waals surface area contributed by atoms with Crippen LogP contribution in [0.15, 0.2) is 69.5 Å². The van der Waals surface area contributed by atoms with E-state index in [1.807, 2.05) is 6.92 Å². The number of nitrogens with one attached hydrogen (secondary N) is 1. The molecule has 0 fully saturated rings. The molecule has 0 spiro atoms. The van der Waals surface area contributed by atoms with Crippen molar-refractivity contribution in [1.82, 2.24) is 4.83 Å². The first-order valence-corrected chi connectivity index (χ1v) is 10.2. The van der Waals surface area contributed by atoms with Crippen molar-refractivity contribution in [3.05, 3.63) is 60.2 Å². The molecule has 0 aromatic heterocycles. The maximum Gasteiger partial charge on any atom is 0.276 e. The van der Waals surface area contributed by atoms with Crippen LogP contribution in [-0.4, -0.2) is 28.3 Å². The minimum absolute atomic E-state index is 0.0653. The molecule has 0 radical (unpaired) electrons. The van der Waals surface area contributed by atoms with Crippen LogP contribution in [0.1, 0.15) is 12.5 Å². The average molecular weight is 366 g/mol. The van der Waals surface area contributed by atoms with Crippen molar-refractivity contribution in [3.8, 4) is 0 Å². The Morgan fingerprint density at radius 2 is 1.50 bits per heavy atom. The summed E-state index contributed by atoms with van der Waals surface area (Å²) < 4.78 is 48.7. The van der Waals surface area contributed by atoms with Crippen molar-refractivity contribution < 1.29 is 16.8 Å². The lowest BCUT2D eigenvalue weighted by Gasteiger charge is -2.06. The van der Waals surface area contributed by atoms with E-state index >= 15 is 0 Å². The van der Waals surface area contributed by atoms with Crippen LogP contribution in [0.3, 0.4) is 0 Å². The molecule has 0 atom stereocenters. The molecular weight excluding hydrogens is 348 g/mol. The van der Waals surface area contributed by atoms with Gasteiger partial charge < -0.3 is 0 Å². The second-order valence-electron chi connectivity index (χ2n) is 5.33. The van der Waals surface area contributed by atoms with Crippen LogP contribution in [0.2, 0.25) is 0 Å². The summed E-state index contributed by atoms with van der Waals surface area (Å²) in [4.78, 5) is 2.30. The summed E-state index contributed by atoms with van der Waals surface area (Å²) >= 11 is 0. The van der Waals surface area contributed by atoms with Crippen LogP contribution in [0.25, 0.3) is 0 Å². The van der Waals surface area contributed by atoms with Gasteiger partial charge >= 0.3 is 0 Å². The van der Waals surface area contributed by atoms with Gasteiger partial charge in [-0.25, -0.2) is 13.2 Å². The Kier molecular flexibility index (Phi) is 5.40. The van der Waals surface area contributed by atoms with Gasteiger partial charge in [-0.05, 0) is 38.1 Å². The fraction of sp³-hybridized carbons (Fsp3) is 0.188. The Hall–Kier alpha value is -2.19. The maximum absolute atomic E-state index is 12.2.